The molecule has 0 atom stereocenters. The van der Waals surface area contributed by atoms with Crippen molar-refractivity contribution in [2.75, 3.05) is 19.7 Å². The average Bonchev–Trinajstić information content (AvgIpc) is 2.88. The van der Waals surface area contributed by atoms with E-state index in [9.17, 15) is 9.59 Å². The summed E-state index contributed by atoms with van der Waals surface area (Å²) in [6.45, 7) is 1.76. The van der Waals surface area contributed by atoms with Gasteiger partial charge in [0.1, 0.15) is 5.75 Å². The van der Waals surface area contributed by atoms with Gasteiger partial charge < -0.3 is 21.1 Å². The molecule has 0 aromatic heterocycles. The van der Waals surface area contributed by atoms with Gasteiger partial charge in [-0.1, -0.05) is 25.7 Å². The summed E-state index contributed by atoms with van der Waals surface area (Å²) in [7, 11) is 0. The Hall–Kier alpha value is -2.08. The minimum Gasteiger partial charge on any atom is -0.493 e. The van der Waals surface area contributed by atoms with Crippen molar-refractivity contribution in [2.45, 2.75) is 51.0 Å². The fourth-order valence-corrected chi connectivity index (χ4v) is 3.03. The summed E-state index contributed by atoms with van der Waals surface area (Å²) in [5, 5.41) is 6.44. The van der Waals surface area contributed by atoms with E-state index >= 15 is 0 Å². The molecule has 0 radical (unpaired) electrons. The molecule has 6 nitrogen and oxygen atoms in total. The second kappa shape index (κ2) is 10.7. The van der Waals surface area contributed by atoms with Crippen molar-refractivity contribution in [2.24, 2.45) is 5.73 Å². The maximum Gasteiger partial charge on any atom is 0.248 e. The molecule has 2 amide bonds. The Kier molecular flexibility index (Phi) is 8.25. The van der Waals surface area contributed by atoms with Crippen molar-refractivity contribution >= 4 is 11.8 Å². The number of amides is 2. The van der Waals surface area contributed by atoms with Gasteiger partial charge in [-0.15, -0.1) is 0 Å². The molecule has 25 heavy (non-hydrogen) atoms. The van der Waals surface area contributed by atoms with E-state index in [0.29, 0.717) is 36.9 Å². The highest BCUT2D eigenvalue weighted by atomic mass is 16.5. The van der Waals surface area contributed by atoms with Gasteiger partial charge in [-0.2, -0.15) is 0 Å². The lowest BCUT2D eigenvalue weighted by Gasteiger charge is -2.16. The van der Waals surface area contributed by atoms with Crippen LogP contribution in [0.15, 0.2) is 24.3 Å². The number of hydrogen-bond acceptors (Lipinski definition) is 4. The molecule has 4 N–H and O–H groups in total. The minimum absolute atomic E-state index is 0.0172. The summed E-state index contributed by atoms with van der Waals surface area (Å²) in [5.74, 6) is 0.132. The number of benzene rings is 1. The summed E-state index contributed by atoms with van der Waals surface area (Å²) < 4.78 is 5.50. The Balaban J connectivity index is 1.54. The van der Waals surface area contributed by atoms with E-state index < -0.39 is 5.91 Å². The molecular weight excluding hydrogens is 318 g/mol. The number of nitrogens with two attached hydrogens (primary N) is 1. The van der Waals surface area contributed by atoms with Crippen LogP contribution in [0.5, 0.6) is 5.75 Å². The van der Waals surface area contributed by atoms with Gasteiger partial charge in [0, 0.05) is 24.7 Å². The van der Waals surface area contributed by atoms with E-state index in [1.807, 2.05) is 0 Å². The first kappa shape index (κ1) is 19.2. The molecule has 0 aliphatic heterocycles. The van der Waals surface area contributed by atoms with Crippen molar-refractivity contribution in [3.05, 3.63) is 29.8 Å². The van der Waals surface area contributed by atoms with E-state index in [1.54, 1.807) is 24.3 Å². The molecule has 1 aromatic rings. The summed E-state index contributed by atoms with van der Waals surface area (Å²) in [6.07, 6.45) is 8.11. The second-order valence-electron chi connectivity index (χ2n) is 6.48. The zero-order chi connectivity index (χ0) is 17.9. The Morgan fingerprint density at radius 2 is 1.72 bits per heavy atom. The largest absolute Gasteiger partial charge is 0.493 e. The maximum atomic E-state index is 11.8. The minimum atomic E-state index is -0.469. The quantitative estimate of drug-likeness (QED) is 0.470. The molecule has 0 bridgehead atoms. The van der Waals surface area contributed by atoms with Crippen molar-refractivity contribution < 1.29 is 14.3 Å². The predicted molar refractivity (Wildman–Crippen MR) is 97.6 cm³/mol. The zero-order valence-electron chi connectivity index (χ0n) is 14.8. The third-order valence-corrected chi connectivity index (χ3v) is 4.47. The van der Waals surface area contributed by atoms with Gasteiger partial charge in [-0.3, -0.25) is 9.59 Å². The highest BCUT2D eigenvalue weighted by molar-refractivity contribution is 5.92. The number of nitrogens with one attached hydrogen (secondary N) is 2. The Morgan fingerprint density at radius 3 is 2.36 bits per heavy atom. The van der Waals surface area contributed by atoms with Crippen LogP contribution in [0.2, 0.25) is 0 Å². The first-order valence-electron chi connectivity index (χ1n) is 9.18. The molecule has 6 heteroatoms. The van der Waals surface area contributed by atoms with Gasteiger partial charge in [0.15, 0.2) is 0 Å². The fourth-order valence-electron chi connectivity index (χ4n) is 3.03. The average molecular weight is 347 g/mol. The Labute approximate surface area is 149 Å². The van der Waals surface area contributed by atoms with Crippen molar-refractivity contribution in [3.8, 4) is 5.75 Å². The molecular formula is C19H29N3O3. The van der Waals surface area contributed by atoms with E-state index in [0.717, 1.165) is 6.54 Å². The van der Waals surface area contributed by atoms with Crippen LogP contribution in [0.1, 0.15) is 55.3 Å². The normalized spacial score (nSPS) is 15.4. The topological polar surface area (TPSA) is 93.5 Å². The van der Waals surface area contributed by atoms with Crippen molar-refractivity contribution in [1.29, 1.82) is 0 Å². The highest BCUT2D eigenvalue weighted by Gasteiger charge is 2.11. The summed E-state index contributed by atoms with van der Waals surface area (Å²) >= 11 is 0. The first-order valence-corrected chi connectivity index (χ1v) is 9.18. The Morgan fingerprint density at radius 1 is 1.04 bits per heavy atom. The van der Waals surface area contributed by atoms with Crippen molar-refractivity contribution in [1.82, 2.24) is 10.6 Å². The molecule has 0 heterocycles. The number of carbonyl (C=O) groups is 2. The van der Waals surface area contributed by atoms with Crippen molar-refractivity contribution in [3.63, 3.8) is 0 Å². The number of primary amides is 1. The van der Waals surface area contributed by atoms with Gasteiger partial charge in [0.25, 0.3) is 0 Å². The number of rotatable bonds is 9. The van der Waals surface area contributed by atoms with E-state index in [1.165, 1.54) is 38.5 Å². The SMILES string of the molecule is NC(=O)c1ccc(OCCC(=O)NCCNC2CCCCCC2)cc1. The van der Waals surface area contributed by atoms with Crippen LogP contribution >= 0.6 is 0 Å². The third-order valence-electron chi connectivity index (χ3n) is 4.47. The maximum absolute atomic E-state index is 11.8. The molecule has 1 aromatic carbocycles. The Bertz CT molecular complexity index is 537. The van der Waals surface area contributed by atoms with Crippen LogP contribution in [0.25, 0.3) is 0 Å². The number of hydrogen-bond donors (Lipinski definition) is 3. The molecule has 1 aliphatic carbocycles. The standard InChI is InChI=1S/C19H29N3O3/c20-19(24)15-7-9-17(10-8-15)25-14-11-18(23)22-13-12-21-16-5-3-1-2-4-6-16/h7-10,16,21H,1-6,11-14H2,(H2,20,24)(H,22,23). The van der Waals surface area contributed by atoms with E-state index in [-0.39, 0.29) is 5.91 Å². The molecule has 0 saturated heterocycles. The molecule has 1 aliphatic rings. The molecule has 138 valence electrons. The summed E-state index contributed by atoms with van der Waals surface area (Å²) in [5.41, 5.74) is 5.62. The van der Waals surface area contributed by atoms with Crippen LogP contribution in [0.3, 0.4) is 0 Å². The molecule has 0 unspecified atom stereocenters. The molecule has 1 fully saturated rings. The van der Waals surface area contributed by atoms with Gasteiger partial charge >= 0.3 is 0 Å². The lowest BCUT2D eigenvalue weighted by Crippen LogP contribution is -2.37. The number of ether oxygens (including phenoxy) is 1. The smallest absolute Gasteiger partial charge is 0.248 e. The summed E-state index contributed by atoms with van der Waals surface area (Å²) in [6, 6.07) is 7.17. The monoisotopic (exact) mass is 347 g/mol. The zero-order valence-corrected chi connectivity index (χ0v) is 14.8. The van der Waals surface area contributed by atoms with Gasteiger partial charge in [-0.05, 0) is 37.1 Å². The summed E-state index contributed by atoms with van der Waals surface area (Å²) in [4.78, 5) is 22.8. The predicted octanol–water partition coefficient (Wildman–Crippen LogP) is 1.98. The fraction of sp³-hybridized carbons (Fsp3) is 0.579. The molecule has 0 spiro atoms. The van der Waals surface area contributed by atoms with E-state index in [2.05, 4.69) is 10.6 Å². The van der Waals surface area contributed by atoms with Crippen LogP contribution < -0.4 is 21.1 Å². The first-order chi connectivity index (χ1) is 12.1. The van der Waals surface area contributed by atoms with Gasteiger partial charge in [0.05, 0.1) is 13.0 Å². The third kappa shape index (κ3) is 7.56. The molecule has 2 rings (SSSR count). The van der Waals surface area contributed by atoms with Crippen LogP contribution in [-0.2, 0) is 4.79 Å². The van der Waals surface area contributed by atoms with Gasteiger partial charge in [-0.25, -0.2) is 0 Å². The number of carbonyl (C=O) groups excluding carboxylic acids is 2. The van der Waals surface area contributed by atoms with Gasteiger partial charge in [0.2, 0.25) is 11.8 Å². The second-order valence-corrected chi connectivity index (χ2v) is 6.48. The highest BCUT2D eigenvalue weighted by Crippen LogP contribution is 2.16. The lowest BCUT2D eigenvalue weighted by atomic mass is 10.1. The van der Waals surface area contributed by atoms with E-state index in [4.69, 9.17) is 10.5 Å². The van der Waals surface area contributed by atoms with Crippen LogP contribution in [0, 0.1) is 0 Å². The lowest BCUT2D eigenvalue weighted by molar-refractivity contribution is -0.121. The molecule has 1 saturated carbocycles. The van der Waals surface area contributed by atoms with Crippen LogP contribution in [-0.4, -0.2) is 37.6 Å². The van der Waals surface area contributed by atoms with Crippen LogP contribution in [0.4, 0.5) is 0 Å².